The predicted octanol–water partition coefficient (Wildman–Crippen LogP) is 2.47. The lowest BCUT2D eigenvalue weighted by atomic mass is 10.2. The first-order valence-electron chi connectivity index (χ1n) is 5.17. The van der Waals surface area contributed by atoms with Crippen molar-refractivity contribution in [2.24, 2.45) is 5.73 Å². The van der Waals surface area contributed by atoms with Gasteiger partial charge in [-0.1, -0.05) is 0 Å². The summed E-state index contributed by atoms with van der Waals surface area (Å²) in [5.74, 6) is 0.606. The third kappa shape index (κ3) is 2.58. The molecule has 3 N–H and O–H groups in total. The number of benzene rings is 1. The van der Waals surface area contributed by atoms with Gasteiger partial charge in [-0.15, -0.1) is 0 Å². The van der Waals surface area contributed by atoms with Crippen LogP contribution < -0.4 is 5.73 Å². The van der Waals surface area contributed by atoms with Crippen LogP contribution in [0.1, 0.15) is 18.3 Å². The molecule has 3 nitrogen and oxygen atoms in total. The van der Waals surface area contributed by atoms with E-state index in [4.69, 9.17) is 5.73 Å². The smallest absolute Gasteiger partial charge is 0.342 e. The SMILES string of the molecule is CC(N)Cc1nc2ccc(C(F)(F)F)cc2[nH]1. The van der Waals surface area contributed by atoms with Gasteiger partial charge in [0.25, 0.3) is 0 Å². The summed E-state index contributed by atoms with van der Waals surface area (Å²) in [5.41, 5.74) is 5.83. The van der Waals surface area contributed by atoms with Crippen molar-refractivity contribution in [3.63, 3.8) is 0 Å². The summed E-state index contributed by atoms with van der Waals surface area (Å²) < 4.78 is 37.4. The Balaban J connectivity index is 2.41. The number of nitrogens with one attached hydrogen (secondary N) is 1. The van der Waals surface area contributed by atoms with Crippen molar-refractivity contribution in [2.45, 2.75) is 25.6 Å². The monoisotopic (exact) mass is 243 g/mol. The van der Waals surface area contributed by atoms with Crippen LogP contribution in [0, 0.1) is 0 Å². The van der Waals surface area contributed by atoms with Crippen molar-refractivity contribution < 1.29 is 13.2 Å². The number of imidazole rings is 1. The molecule has 1 unspecified atom stereocenters. The van der Waals surface area contributed by atoms with Crippen LogP contribution in [0.15, 0.2) is 18.2 Å². The molecule has 0 radical (unpaired) electrons. The molecular weight excluding hydrogens is 231 g/mol. The number of hydrogen-bond acceptors (Lipinski definition) is 2. The van der Waals surface area contributed by atoms with Crippen molar-refractivity contribution >= 4 is 11.0 Å². The number of alkyl halides is 3. The topological polar surface area (TPSA) is 54.7 Å². The maximum Gasteiger partial charge on any atom is 0.416 e. The first kappa shape index (κ1) is 11.9. The number of nitrogens with zero attached hydrogens (tertiary/aromatic N) is 1. The molecule has 17 heavy (non-hydrogen) atoms. The molecule has 1 heterocycles. The number of H-pyrrole nitrogens is 1. The van der Waals surface area contributed by atoms with Gasteiger partial charge in [0.05, 0.1) is 16.6 Å². The second-order valence-electron chi connectivity index (χ2n) is 4.09. The fourth-order valence-electron chi connectivity index (χ4n) is 1.64. The molecule has 0 fully saturated rings. The summed E-state index contributed by atoms with van der Waals surface area (Å²) in [6.45, 7) is 1.81. The summed E-state index contributed by atoms with van der Waals surface area (Å²) in [7, 11) is 0. The maximum absolute atomic E-state index is 12.5. The Bertz CT molecular complexity index is 528. The summed E-state index contributed by atoms with van der Waals surface area (Å²) in [6, 6.07) is 3.36. The molecule has 0 aliphatic heterocycles. The molecule has 2 rings (SSSR count). The highest BCUT2D eigenvalue weighted by Gasteiger charge is 2.30. The molecule has 0 amide bonds. The Morgan fingerprint density at radius 2 is 2.12 bits per heavy atom. The van der Waals surface area contributed by atoms with Gasteiger partial charge >= 0.3 is 6.18 Å². The largest absolute Gasteiger partial charge is 0.416 e. The van der Waals surface area contributed by atoms with Crippen LogP contribution in [0.25, 0.3) is 11.0 Å². The minimum absolute atomic E-state index is 0.0855. The van der Waals surface area contributed by atoms with E-state index in [-0.39, 0.29) is 6.04 Å². The van der Waals surface area contributed by atoms with Crippen LogP contribution in [0.5, 0.6) is 0 Å². The first-order valence-corrected chi connectivity index (χ1v) is 5.17. The van der Waals surface area contributed by atoms with Gasteiger partial charge in [0.2, 0.25) is 0 Å². The Labute approximate surface area is 95.8 Å². The number of rotatable bonds is 2. The van der Waals surface area contributed by atoms with Gasteiger partial charge in [0.15, 0.2) is 0 Å². The molecule has 6 heteroatoms. The molecular formula is C11H12F3N3. The van der Waals surface area contributed by atoms with Crippen LogP contribution in [0.2, 0.25) is 0 Å². The predicted molar refractivity (Wildman–Crippen MR) is 58.4 cm³/mol. The average molecular weight is 243 g/mol. The standard InChI is InChI=1S/C11H12F3N3/c1-6(15)4-10-16-8-3-2-7(11(12,13)14)5-9(8)17-10/h2-3,5-6H,4,15H2,1H3,(H,16,17). The molecule has 0 saturated carbocycles. The molecule has 0 saturated heterocycles. The second kappa shape index (κ2) is 4.03. The molecule has 0 bridgehead atoms. The zero-order valence-electron chi connectivity index (χ0n) is 9.17. The van der Waals surface area contributed by atoms with E-state index in [9.17, 15) is 13.2 Å². The summed E-state index contributed by atoms with van der Waals surface area (Å²) in [5, 5.41) is 0. The Kier molecular flexibility index (Phi) is 2.82. The summed E-state index contributed by atoms with van der Waals surface area (Å²) >= 11 is 0. The Morgan fingerprint density at radius 1 is 1.41 bits per heavy atom. The number of fused-ring (bicyclic) bond motifs is 1. The van der Waals surface area contributed by atoms with Gasteiger partial charge in [-0.2, -0.15) is 13.2 Å². The Hall–Kier alpha value is -1.56. The first-order chi connectivity index (χ1) is 7.86. The minimum Gasteiger partial charge on any atom is -0.342 e. The van der Waals surface area contributed by atoms with Gasteiger partial charge in [-0.25, -0.2) is 4.98 Å². The van der Waals surface area contributed by atoms with Gasteiger partial charge in [-0.05, 0) is 25.1 Å². The van der Waals surface area contributed by atoms with Crippen LogP contribution >= 0.6 is 0 Å². The maximum atomic E-state index is 12.5. The van der Waals surface area contributed by atoms with E-state index in [2.05, 4.69) is 9.97 Å². The number of halogens is 3. The summed E-state index contributed by atoms with van der Waals surface area (Å²) in [6.07, 6.45) is -3.82. The highest BCUT2D eigenvalue weighted by molar-refractivity contribution is 5.76. The fraction of sp³-hybridized carbons (Fsp3) is 0.364. The van der Waals surface area contributed by atoms with E-state index >= 15 is 0 Å². The zero-order chi connectivity index (χ0) is 12.6. The number of hydrogen-bond donors (Lipinski definition) is 2. The van der Waals surface area contributed by atoms with E-state index in [0.717, 1.165) is 12.1 Å². The molecule has 1 aromatic heterocycles. The number of nitrogens with two attached hydrogens (primary N) is 1. The van der Waals surface area contributed by atoms with E-state index in [1.807, 2.05) is 6.92 Å². The van der Waals surface area contributed by atoms with Crippen molar-refractivity contribution in [2.75, 3.05) is 0 Å². The van der Waals surface area contributed by atoms with Gasteiger partial charge < -0.3 is 10.7 Å². The van der Waals surface area contributed by atoms with E-state index in [1.165, 1.54) is 6.07 Å². The normalized spacial score (nSPS) is 14.2. The van der Waals surface area contributed by atoms with Crippen molar-refractivity contribution in [3.8, 4) is 0 Å². The highest BCUT2D eigenvalue weighted by Crippen LogP contribution is 2.30. The number of aromatic amines is 1. The lowest BCUT2D eigenvalue weighted by Crippen LogP contribution is -2.18. The molecule has 0 aliphatic rings. The molecule has 1 aromatic carbocycles. The van der Waals surface area contributed by atoms with Crippen LogP contribution in [0.3, 0.4) is 0 Å². The minimum atomic E-state index is -4.33. The third-order valence-electron chi connectivity index (χ3n) is 2.37. The quantitative estimate of drug-likeness (QED) is 0.851. The van der Waals surface area contributed by atoms with E-state index in [1.54, 1.807) is 0 Å². The van der Waals surface area contributed by atoms with Gasteiger partial charge in [-0.3, -0.25) is 0 Å². The van der Waals surface area contributed by atoms with Crippen molar-refractivity contribution in [1.82, 2.24) is 9.97 Å². The van der Waals surface area contributed by atoms with Crippen molar-refractivity contribution in [3.05, 3.63) is 29.6 Å². The second-order valence-corrected chi connectivity index (χ2v) is 4.09. The molecule has 1 atom stereocenters. The van der Waals surface area contributed by atoms with E-state index < -0.39 is 11.7 Å². The summed E-state index contributed by atoms with van der Waals surface area (Å²) in [4.78, 5) is 7.02. The number of aromatic nitrogens is 2. The lowest BCUT2D eigenvalue weighted by Gasteiger charge is -2.05. The van der Waals surface area contributed by atoms with E-state index in [0.29, 0.717) is 23.3 Å². The van der Waals surface area contributed by atoms with Crippen molar-refractivity contribution in [1.29, 1.82) is 0 Å². The lowest BCUT2D eigenvalue weighted by molar-refractivity contribution is -0.137. The average Bonchev–Trinajstić information content (AvgIpc) is 2.55. The van der Waals surface area contributed by atoms with Crippen LogP contribution in [0.4, 0.5) is 13.2 Å². The van der Waals surface area contributed by atoms with Gasteiger partial charge in [0, 0.05) is 12.5 Å². The molecule has 92 valence electrons. The third-order valence-corrected chi connectivity index (χ3v) is 2.37. The van der Waals surface area contributed by atoms with Crippen LogP contribution in [-0.2, 0) is 12.6 Å². The molecule has 2 aromatic rings. The Morgan fingerprint density at radius 3 is 2.71 bits per heavy atom. The zero-order valence-corrected chi connectivity index (χ0v) is 9.17. The highest BCUT2D eigenvalue weighted by atomic mass is 19.4. The fourth-order valence-corrected chi connectivity index (χ4v) is 1.64. The van der Waals surface area contributed by atoms with Gasteiger partial charge in [0.1, 0.15) is 5.82 Å². The van der Waals surface area contributed by atoms with Crippen LogP contribution in [-0.4, -0.2) is 16.0 Å². The molecule has 0 aliphatic carbocycles. The molecule has 0 spiro atoms.